The van der Waals surface area contributed by atoms with Crippen molar-refractivity contribution in [2.75, 3.05) is 25.1 Å². The Morgan fingerprint density at radius 1 is 1.52 bits per heavy atom. The Bertz CT molecular complexity index is 860. The maximum atomic E-state index is 13.8. The minimum atomic E-state index is -0.866. The van der Waals surface area contributed by atoms with E-state index in [1.807, 2.05) is 23.3 Å². The van der Waals surface area contributed by atoms with Gasteiger partial charge in [-0.25, -0.2) is 9.69 Å². The van der Waals surface area contributed by atoms with Gasteiger partial charge in [0.05, 0.1) is 6.54 Å². The molecule has 0 aromatic carbocycles. The number of aromatic nitrogens is 2. The Morgan fingerprint density at radius 2 is 2.34 bits per heavy atom. The zero-order chi connectivity index (χ0) is 20.9. The molecular weight excluding hydrogens is 544 g/mol. The number of hydrogen-bond donors (Lipinski definition) is 0. The Labute approximate surface area is 194 Å². The van der Waals surface area contributed by atoms with Crippen molar-refractivity contribution in [3.05, 3.63) is 43.2 Å². The molecule has 1 aliphatic rings. The van der Waals surface area contributed by atoms with Crippen molar-refractivity contribution in [1.82, 2.24) is 19.7 Å². The smallest absolute Gasteiger partial charge is 0.352 e. The number of quaternary nitrogens is 1. The average molecular weight is 566 g/mol. The highest BCUT2D eigenvalue weighted by Crippen LogP contribution is 2.35. The molecular formula is C18H22Br2N4O3S2. The molecule has 29 heavy (non-hydrogen) atoms. The second kappa shape index (κ2) is 10.6. The molecule has 3 rings (SSSR count). The van der Waals surface area contributed by atoms with Crippen molar-refractivity contribution in [2.24, 2.45) is 0 Å². The first-order valence-electron chi connectivity index (χ1n) is 9.22. The van der Waals surface area contributed by atoms with Gasteiger partial charge in [0.2, 0.25) is 0 Å². The molecule has 0 saturated carbocycles. The van der Waals surface area contributed by atoms with Crippen molar-refractivity contribution in [1.29, 1.82) is 0 Å². The predicted molar refractivity (Wildman–Crippen MR) is 124 cm³/mol. The highest BCUT2D eigenvalue weighted by Gasteiger charge is 2.46. The summed E-state index contributed by atoms with van der Waals surface area (Å²) in [7, 11) is 0. The van der Waals surface area contributed by atoms with E-state index < -0.39 is 16.8 Å². The molecule has 0 bridgehead atoms. The van der Waals surface area contributed by atoms with Crippen LogP contribution in [0.25, 0.3) is 0 Å². The second-order valence-electron chi connectivity index (χ2n) is 6.63. The van der Waals surface area contributed by atoms with Crippen LogP contribution in [-0.4, -0.2) is 52.4 Å². The van der Waals surface area contributed by atoms with Crippen LogP contribution in [0.5, 0.6) is 0 Å². The molecule has 0 spiro atoms. The number of carbonyl (C=O) groups is 1. The summed E-state index contributed by atoms with van der Waals surface area (Å²) in [5.41, 5.74) is 0. The molecule has 7 nitrogen and oxygen atoms in total. The van der Waals surface area contributed by atoms with E-state index in [2.05, 4.69) is 48.1 Å². The van der Waals surface area contributed by atoms with Gasteiger partial charge >= 0.3 is 11.1 Å². The normalized spacial score (nSPS) is 22.6. The topological polar surface area (TPSA) is 78.4 Å². The summed E-state index contributed by atoms with van der Waals surface area (Å²) < 4.78 is 5.70. The number of ether oxygens (including phenoxy) is 1. The zero-order valence-corrected chi connectivity index (χ0v) is 20.7. The Balaban J connectivity index is 1.78. The van der Waals surface area contributed by atoms with Crippen molar-refractivity contribution >= 4 is 65.6 Å². The average Bonchev–Trinajstić information content (AvgIpc) is 3.41. The number of carbonyl (C=O) groups excluding carboxylic acids is 1. The maximum Gasteiger partial charge on any atom is 0.352 e. The molecule has 0 N–H and O–H groups in total. The van der Waals surface area contributed by atoms with Crippen LogP contribution in [0, 0.1) is 5.21 Å². The lowest BCUT2D eigenvalue weighted by atomic mass is 10.3. The first-order valence-corrected chi connectivity index (χ1v) is 12.8. The highest BCUT2D eigenvalue weighted by atomic mass is 79.9. The summed E-state index contributed by atoms with van der Waals surface area (Å²) in [4.78, 5) is 15.1. The minimum Gasteiger partial charge on any atom is -0.622 e. The fraction of sp³-hybridized carbons (Fsp3) is 0.500. The van der Waals surface area contributed by atoms with Gasteiger partial charge in [-0.3, -0.25) is 4.65 Å². The number of hydroxylamine groups is 2. The monoisotopic (exact) mass is 564 g/mol. The first-order chi connectivity index (χ1) is 14.0. The van der Waals surface area contributed by atoms with Gasteiger partial charge in [0.1, 0.15) is 16.6 Å². The molecule has 1 saturated heterocycles. The van der Waals surface area contributed by atoms with Gasteiger partial charge < -0.3 is 9.94 Å². The summed E-state index contributed by atoms with van der Waals surface area (Å²) >= 11 is 9.36. The Hall–Kier alpha value is -0.690. The van der Waals surface area contributed by atoms with E-state index in [0.717, 1.165) is 40.6 Å². The predicted octanol–water partition coefficient (Wildman–Crippen LogP) is 4.92. The number of esters is 1. The van der Waals surface area contributed by atoms with Gasteiger partial charge in [-0.05, 0) is 53.1 Å². The molecule has 0 radical (unpaired) electrons. The van der Waals surface area contributed by atoms with Gasteiger partial charge in [-0.2, -0.15) is 0 Å². The van der Waals surface area contributed by atoms with Crippen LogP contribution < -0.4 is 4.65 Å². The number of alkyl halides is 1. The number of rotatable bonds is 9. The van der Waals surface area contributed by atoms with Gasteiger partial charge in [0, 0.05) is 28.1 Å². The Kier molecular flexibility index (Phi) is 8.37. The number of aryl methyl sites for hydroxylation is 1. The third-order valence-electron chi connectivity index (χ3n) is 4.45. The van der Waals surface area contributed by atoms with E-state index in [9.17, 15) is 10.0 Å². The molecule has 2 unspecified atom stereocenters. The van der Waals surface area contributed by atoms with E-state index in [1.165, 1.54) is 22.7 Å². The summed E-state index contributed by atoms with van der Waals surface area (Å²) in [5, 5.41) is 26.0. The van der Waals surface area contributed by atoms with Crippen molar-refractivity contribution in [2.45, 2.75) is 32.4 Å². The third kappa shape index (κ3) is 5.72. The summed E-state index contributed by atoms with van der Waals surface area (Å²) in [6, 6.07) is 1.70. The fourth-order valence-corrected chi connectivity index (χ4v) is 5.51. The summed E-state index contributed by atoms with van der Waals surface area (Å²) in [5.74, 6) is -0.482. The SMILES string of the molecule is CC=CCCc1nnc([N+]2([O-])CN(CCCBr)CC2OC(=O)c2cc(Br)cs2)s1. The highest BCUT2D eigenvalue weighted by molar-refractivity contribution is 9.10. The lowest BCUT2D eigenvalue weighted by Gasteiger charge is -2.38. The van der Waals surface area contributed by atoms with Crippen molar-refractivity contribution in [3.8, 4) is 0 Å². The van der Waals surface area contributed by atoms with Crippen LogP contribution in [-0.2, 0) is 11.2 Å². The molecule has 2 atom stereocenters. The third-order valence-corrected chi connectivity index (χ3v) is 7.78. The maximum absolute atomic E-state index is 13.8. The number of thiophene rings is 1. The van der Waals surface area contributed by atoms with Crippen molar-refractivity contribution in [3.63, 3.8) is 0 Å². The van der Waals surface area contributed by atoms with E-state index in [1.54, 1.807) is 6.07 Å². The zero-order valence-electron chi connectivity index (χ0n) is 15.9. The summed E-state index contributed by atoms with van der Waals surface area (Å²) in [6.45, 7) is 3.30. The van der Waals surface area contributed by atoms with Crippen LogP contribution >= 0.6 is 54.5 Å². The largest absolute Gasteiger partial charge is 0.622 e. The van der Waals surface area contributed by atoms with Crippen molar-refractivity contribution < 1.29 is 9.53 Å². The minimum absolute atomic E-state index is 0.197. The van der Waals surface area contributed by atoms with Crippen LogP contribution in [0.1, 0.15) is 34.4 Å². The second-order valence-corrected chi connectivity index (χ2v) is 10.3. The van der Waals surface area contributed by atoms with Gasteiger partial charge in [-0.15, -0.1) is 16.4 Å². The molecule has 1 aliphatic heterocycles. The standard InChI is InChI=1S/C18H22Br2N4O3S2/c1-2-3-4-6-15-21-22-18(29-15)24(26)12-23(8-5-7-19)10-16(24)27-17(25)14-9-13(20)11-28-14/h2-3,9,11,16H,4-8,10,12H2,1H3. The lowest BCUT2D eigenvalue weighted by molar-refractivity contribution is 0.00604. The van der Waals surface area contributed by atoms with Gasteiger partial charge in [-0.1, -0.05) is 33.2 Å². The van der Waals surface area contributed by atoms with E-state index in [4.69, 9.17) is 4.74 Å². The lowest BCUT2D eigenvalue weighted by Crippen LogP contribution is -2.50. The molecule has 158 valence electrons. The fourth-order valence-electron chi connectivity index (χ4n) is 3.02. The number of hydrogen-bond acceptors (Lipinski definition) is 8. The Morgan fingerprint density at radius 3 is 3.03 bits per heavy atom. The molecule has 0 aliphatic carbocycles. The van der Waals surface area contributed by atoms with Crippen LogP contribution in [0.2, 0.25) is 0 Å². The first kappa shape index (κ1) is 23.0. The number of halogens is 2. The molecule has 2 aromatic rings. The molecule has 2 aromatic heterocycles. The molecule has 11 heteroatoms. The van der Waals surface area contributed by atoms with Crippen LogP contribution in [0.15, 0.2) is 28.1 Å². The van der Waals surface area contributed by atoms with E-state index in [0.29, 0.717) is 16.6 Å². The van der Waals surface area contributed by atoms with Gasteiger partial charge in [0.15, 0.2) is 0 Å². The van der Waals surface area contributed by atoms with Crippen LogP contribution in [0.4, 0.5) is 5.13 Å². The molecule has 1 fully saturated rings. The molecule has 3 heterocycles. The quantitative estimate of drug-likeness (QED) is 0.141. The van der Waals surface area contributed by atoms with E-state index >= 15 is 0 Å². The summed E-state index contributed by atoms with van der Waals surface area (Å²) in [6.07, 6.45) is 5.68. The number of allylic oxidation sites excluding steroid dienone is 2. The number of nitrogens with zero attached hydrogens (tertiary/aromatic N) is 4. The van der Waals surface area contributed by atoms with Gasteiger partial charge in [0.25, 0.3) is 6.23 Å². The molecule has 0 amide bonds. The van der Waals surface area contributed by atoms with E-state index in [-0.39, 0.29) is 6.67 Å². The van der Waals surface area contributed by atoms with Crippen LogP contribution in [0.3, 0.4) is 0 Å².